The highest BCUT2D eigenvalue weighted by Gasteiger charge is 2.27. The Hall–Kier alpha value is -0.380. The number of aryl methyl sites for hydroxylation is 1. The molecule has 1 aliphatic rings. The number of thiophene rings is 1. The first-order chi connectivity index (χ1) is 7.81. The van der Waals surface area contributed by atoms with Gasteiger partial charge in [-0.3, -0.25) is 0 Å². The summed E-state index contributed by atoms with van der Waals surface area (Å²) in [6.07, 6.45) is 2.82. The predicted molar refractivity (Wildman–Crippen MR) is 69.0 cm³/mol. The molecule has 0 radical (unpaired) electrons. The monoisotopic (exact) mass is 239 g/mol. The number of rotatable bonds is 4. The second-order valence-corrected chi connectivity index (χ2v) is 5.77. The lowest BCUT2D eigenvalue weighted by molar-refractivity contribution is -0.0254. The fourth-order valence-corrected chi connectivity index (χ4v) is 3.32. The molecule has 16 heavy (non-hydrogen) atoms. The van der Waals surface area contributed by atoms with Crippen molar-refractivity contribution in [3.8, 4) is 0 Å². The van der Waals surface area contributed by atoms with Crippen molar-refractivity contribution in [3.63, 3.8) is 0 Å². The Bertz CT molecular complexity index is 323. The lowest BCUT2D eigenvalue weighted by Gasteiger charge is -2.31. The third kappa shape index (κ3) is 2.84. The summed E-state index contributed by atoms with van der Waals surface area (Å²) in [7, 11) is 0. The molecule has 1 aromatic rings. The van der Waals surface area contributed by atoms with Gasteiger partial charge in [0.1, 0.15) is 0 Å². The van der Waals surface area contributed by atoms with E-state index in [1.54, 1.807) is 0 Å². The second kappa shape index (κ2) is 5.80. The van der Waals surface area contributed by atoms with Gasteiger partial charge in [-0.1, -0.05) is 6.92 Å². The summed E-state index contributed by atoms with van der Waals surface area (Å²) in [5, 5.41) is 3.45. The van der Waals surface area contributed by atoms with Crippen molar-refractivity contribution in [1.29, 1.82) is 0 Å². The van der Waals surface area contributed by atoms with Crippen LogP contribution < -0.4 is 5.32 Å². The minimum absolute atomic E-state index is 0.325. The zero-order valence-electron chi connectivity index (χ0n) is 10.2. The van der Waals surface area contributed by atoms with Gasteiger partial charge in [-0.05, 0) is 38.4 Å². The highest BCUT2D eigenvalue weighted by atomic mass is 32.1. The summed E-state index contributed by atoms with van der Waals surface area (Å²) in [6, 6.07) is 4.43. The maximum Gasteiger partial charge on any atom is 0.0956 e. The lowest BCUT2D eigenvalue weighted by atomic mass is 9.93. The van der Waals surface area contributed by atoms with Gasteiger partial charge in [0.15, 0.2) is 0 Å². The molecule has 1 saturated heterocycles. The van der Waals surface area contributed by atoms with E-state index >= 15 is 0 Å². The summed E-state index contributed by atoms with van der Waals surface area (Å²) < 4.78 is 5.96. The molecular formula is C13H21NOS. The van der Waals surface area contributed by atoms with Gasteiger partial charge in [-0.2, -0.15) is 0 Å². The molecule has 2 heterocycles. The molecule has 0 aromatic carbocycles. The van der Waals surface area contributed by atoms with E-state index in [4.69, 9.17) is 4.74 Å². The molecular weight excluding hydrogens is 218 g/mol. The summed E-state index contributed by atoms with van der Waals surface area (Å²) in [5.74, 6) is 0.645. The summed E-state index contributed by atoms with van der Waals surface area (Å²) >= 11 is 1.88. The van der Waals surface area contributed by atoms with Crippen molar-refractivity contribution in [2.75, 3.05) is 19.7 Å². The smallest absolute Gasteiger partial charge is 0.0956 e. The number of hydrogen-bond donors (Lipinski definition) is 1. The molecule has 0 spiro atoms. The molecule has 1 N–H and O–H groups in total. The first-order valence-electron chi connectivity index (χ1n) is 6.20. The van der Waals surface area contributed by atoms with Crippen LogP contribution in [-0.2, 0) is 4.74 Å². The average molecular weight is 239 g/mol. The van der Waals surface area contributed by atoms with Crippen molar-refractivity contribution < 1.29 is 4.74 Å². The molecule has 90 valence electrons. The van der Waals surface area contributed by atoms with E-state index in [2.05, 4.69) is 31.3 Å². The topological polar surface area (TPSA) is 21.3 Å². The maximum absolute atomic E-state index is 5.96. The third-order valence-electron chi connectivity index (χ3n) is 3.14. The molecule has 0 amide bonds. The molecule has 1 aromatic heterocycles. The molecule has 2 nitrogen and oxygen atoms in total. The van der Waals surface area contributed by atoms with E-state index in [1.165, 1.54) is 22.6 Å². The van der Waals surface area contributed by atoms with Crippen LogP contribution in [0.2, 0.25) is 0 Å². The highest BCUT2D eigenvalue weighted by Crippen LogP contribution is 2.36. The van der Waals surface area contributed by atoms with Gasteiger partial charge in [0.25, 0.3) is 0 Å². The molecule has 2 rings (SSSR count). The standard InChI is InChI=1S/C13H21NOS/c1-3-14-9-11-5-4-8-15-13(11)12-7-6-10(2)16-12/h6-7,11,13-14H,3-5,8-9H2,1-2H3. The first-order valence-corrected chi connectivity index (χ1v) is 7.01. The Morgan fingerprint density at radius 1 is 1.50 bits per heavy atom. The fraction of sp³-hybridized carbons (Fsp3) is 0.692. The largest absolute Gasteiger partial charge is 0.372 e. The van der Waals surface area contributed by atoms with Crippen LogP contribution in [-0.4, -0.2) is 19.7 Å². The van der Waals surface area contributed by atoms with Gasteiger partial charge < -0.3 is 10.1 Å². The molecule has 0 aliphatic carbocycles. The normalized spacial score (nSPS) is 25.9. The van der Waals surface area contributed by atoms with Crippen LogP contribution in [0.15, 0.2) is 12.1 Å². The van der Waals surface area contributed by atoms with Crippen LogP contribution in [0.1, 0.15) is 35.6 Å². The number of ether oxygens (including phenoxy) is 1. The minimum atomic E-state index is 0.325. The zero-order valence-corrected chi connectivity index (χ0v) is 11.0. The molecule has 0 saturated carbocycles. The Labute approximate surface area is 102 Å². The van der Waals surface area contributed by atoms with Crippen LogP contribution >= 0.6 is 11.3 Å². The van der Waals surface area contributed by atoms with Crippen molar-refractivity contribution in [2.45, 2.75) is 32.8 Å². The van der Waals surface area contributed by atoms with Gasteiger partial charge in [0, 0.05) is 28.8 Å². The second-order valence-electron chi connectivity index (χ2n) is 4.45. The molecule has 0 bridgehead atoms. The Balaban J connectivity index is 2.04. The van der Waals surface area contributed by atoms with Crippen molar-refractivity contribution >= 4 is 11.3 Å². The van der Waals surface area contributed by atoms with E-state index in [0.29, 0.717) is 12.0 Å². The molecule has 2 unspecified atom stereocenters. The molecule has 2 atom stereocenters. The zero-order chi connectivity index (χ0) is 11.4. The summed E-state index contributed by atoms with van der Waals surface area (Å²) in [5.41, 5.74) is 0. The van der Waals surface area contributed by atoms with Crippen LogP contribution in [0, 0.1) is 12.8 Å². The van der Waals surface area contributed by atoms with E-state index in [9.17, 15) is 0 Å². The molecule has 1 aliphatic heterocycles. The van der Waals surface area contributed by atoms with Gasteiger partial charge in [-0.15, -0.1) is 11.3 Å². The van der Waals surface area contributed by atoms with E-state index in [0.717, 1.165) is 19.7 Å². The quantitative estimate of drug-likeness (QED) is 0.871. The molecule has 1 fully saturated rings. The van der Waals surface area contributed by atoms with Crippen LogP contribution in [0.3, 0.4) is 0 Å². The van der Waals surface area contributed by atoms with Gasteiger partial charge in [0.05, 0.1) is 6.10 Å². The minimum Gasteiger partial charge on any atom is -0.372 e. The Kier molecular flexibility index (Phi) is 4.38. The van der Waals surface area contributed by atoms with Crippen LogP contribution in [0.25, 0.3) is 0 Å². The summed E-state index contributed by atoms with van der Waals surface area (Å²) in [6.45, 7) is 7.37. The fourth-order valence-electron chi connectivity index (χ4n) is 2.30. The van der Waals surface area contributed by atoms with Crippen molar-refractivity contribution in [3.05, 3.63) is 21.9 Å². The van der Waals surface area contributed by atoms with Crippen LogP contribution in [0.4, 0.5) is 0 Å². The Morgan fingerprint density at radius 3 is 3.06 bits per heavy atom. The lowest BCUT2D eigenvalue weighted by Crippen LogP contribution is -2.31. The van der Waals surface area contributed by atoms with Gasteiger partial charge >= 0.3 is 0 Å². The highest BCUT2D eigenvalue weighted by molar-refractivity contribution is 7.12. The molecule has 3 heteroatoms. The van der Waals surface area contributed by atoms with E-state index < -0.39 is 0 Å². The van der Waals surface area contributed by atoms with E-state index in [1.807, 2.05) is 11.3 Å². The van der Waals surface area contributed by atoms with Gasteiger partial charge in [-0.25, -0.2) is 0 Å². The average Bonchev–Trinajstić information content (AvgIpc) is 2.73. The Morgan fingerprint density at radius 2 is 2.38 bits per heavy atom. The first kappa shape index (κ1) is 12.1. The summed E-state index contributed by atoms with van der Waals surface area (Å²) in [4.78, 5) is 2.78. The van der Waals surface area contributed by atoms with Crippen molar-refractivity contribution in [1.82, 2.24) is 5.32 Å². The van der Waals surface area contributed by atoms with Gasteiger partial charge in [0.2, 0.25) is 0 Å². The maximum atomic E-state index is 5.96. The van der Waals surface area contributed by atoms with Crippen molar-refractivity contribution in [2.24, 2.45) is 5.92 Å². The SMILES string of the molecule is CCNCC1CCCOC1c1ccc(C)s1. The van der Waals surface area contributed by atoms with E-state index in [-0.39, 0.29) is 0 Å². The third-order valence-corrected chi connectivity index (χ3v) is 4.21. The number of hydrogen-bond acceptors (Lipinski definition) is 3. The number of nitrogens with one attached hydrogen (secondary N) is 1. The predicted octanol–water partition coefficient (Wildman–Crippen LogP) is 3.13. The van der Waals surface area contributed by atoms with Crippen LogP contribution in [0.5, 0.6) is 0 Å².